The summed E-state index contributed by atoms with van der Waals surface area (Å²) in [7, 11) is 0. The third kappa shape index (κ3) is 2.93. The molecule has 0 saturated heterocycles. The molecule has 0 aliphatic carbocycles. The van der Waals surface area contributed by atoms with Crippen LogP contribution in [0.2, 0.25) is 5.02 Å². The van der Waals surface area contributed by atoms with Crippen LogP contribution in [0.5, 0.6) is 0 Å². The van der Waals surface area contributed by atoms with Gasteiger partial charge in [0.15, 0.2) is 0 Å². The molecule has 0 bridgehead atoms. The van der Waals surface area contributed by atoms with Gasteiger partial charge in [0.1, 0.15) is 11.6 Å². The Balaban J connectivity index is 2.25. The molecule has 0 aliphatic heterocycles. The fraction of sp³-hybridized carbons (Fsp3) is 0.308. The summed E-state index contributed by atoms with van der Waals surface area (Å²) >= 11 is 6.03. The SMILES string of the molecule is CCn1ncc(Cl)c1C(N)Cc1ccc(F)cc1F. The average molecular weight is 286 g/mol. The zero-order valence-corrected chi connectivity index (χ0v) is 11.2. The van der Waals surface area contributed by atoms with Crippen LogP contribution in [0.15, 0.2) is 24.4 Å². The van der Waals surface area contributed by atoms with Crippen molar-refractivity contribution in [2.45, 2.75) is 25.9 Å². The first kappa shape index (κ1) is 14.0. The lowest BCUT2D eigenvalue weighted by molar-refractivity contribution is 0.541. The molecule has 2 aromatic rings. The average Bonchev–Trinajstić information content (AvgIpc) is 2.74. The van der Waals surface area contributed by atoms with Crippen LogP contribution in [0.3, 0.4) is 0 Å². The van der Waals surface area contributed by atoms with E-state index in [9.17, 15) is 8.78 Å². The lowest BCUT2D eigenvalue weighted by atomic mass is 10.0. The fourth-order valence-corrected chi connectivity index (χ4v) is 2.29. The molecule has 102 valence electrons. The van der Waals surface area contributed by atoms with Gasteiger partial charge in [-0.15, -0.1) is 0 Å². The minimum absolute atomic E-state index is 0.234. The van der Waals surface area contributed by atoms with E-state index in [4.69, 9.17) is 17.3 Å². The van der Waals surface area contributed by atoms with Crippen molar-refractivity contribution >= 4 is 11.6 Å². The van der Waals surface area contributed by atoms with Crippen molar-refractivity contribution in [1.82, 2.24) is 9.78 Å². The molecule has 1 heterocycles. The summed E-state index contributed by atoms with van der Waals surface area (Å²) < 4.78 is 28.1. The van der Waals surface area contributed by atoms with Crippen LogP contribution in [0.4, 0.5) is 8.78 Å². The topological polar surface area (TPSA) is 43.8 Å². The maximum absolute atomic E-state index is 13.6. The molecule has 6 heteroatoms. The number of hydrogen-bond acceptors (Lipinski definition) is 2. The molecular weight excluding hydrogens is 272 g/mol. The van der Waals surface area contributed by atoms with E-state index in [1.54, 1.807) is 4.68 Å². The second kappa shape index (κ2) is 5.67. The first-order valence-electron chi connectivity index (χ1n) is 5.93. The number of rotatable bonds is 4. The number of halogens is 3. The van der Waals surface area contributed by atoms with Crippen LogP contribution in [0.1, 0.15) is 24.2 Å². The van der Waals surface area contributed by atoms with Crippen LogP contribution in [0, 0.1) is 11.6 Å². The Kier molecular flexibility index (Phi) is 4.17. The van der Waals surface area contributed by atoms with Crippen LogP contribution < -0.4 is 5.73 Å². The number of nitrogens with zero attached hydrogens (tertiary/aromatic N) is 2. The van der Waals surface area contributed by atoms with Gasteiger partial charge >= 0.3 is 0 Å². The predicted molar refractivity (Wildman–Crippen MR) is 69.9 cm³/mol. The molecule has 0 amide bonds. The zero-order valence-electron chi connectivity index (χ0n) is 10.4. The second-order valence-electron chi connectivity index (χ2n) is 4.24. The van der Waals surface area contributed by atoms with Crippen molar-refractivity contribution in [2.75, 3.05) is 0 Å². The van der Waals surface area contributed by atoms with Gasteiger partial charge in [0, 0.05) is 12.6 Å². The zero-order chi connectivity index (χ0) is 14.0. The Bertz CT molecular complexity index is 583. The largest absolute Gasteiger partial charge is 0.322 e. The molecular formula is C13H14ClF2N3. The normalized spacial score (nSPS) is 12.7. The van der Waals surface area contributed by atoms with E-state index in [0.29, 0.717) is 22.8 Å². The summed E-state index contributed by atoms with van der Waals surface area (Å²) in [5.74, 6) is -1.21. The number of hydrogen-bond donors (Lipinski definition) is 1. The van der Waals surface area contributed by atoms with Gasteiger partial charge in [-0.05, 0) is 25.0 Å². The summed E-state index contributed by atoms with van der Waals surface area (Å²) in [6.07, 6.45) is 1.75. The molecule has 1 atom stereocenters. The number of nitrogens with two attached hydrogens (primary N) is 1. The van der Waals surface area contributed by atoms with Gasteiger partial charge in [0.25, 0.3) is 0 Å². The molecule has 2 rings (SSSR count). The van der Waals surface area contributed by atoms with Gasteiger partial charge in [-0.1, -0.05) is 17.7 Å². The van der Waals surface area contributed by atoms with Crippen LogP contribution >= 0.6 is 11.6 Å². The van der Waals surface area contributed by atoms with E-state index in [-0.39, 0.29) is 6.42 Å². The van der Waals surface area contributed by atoms with Crippen molar-refractivity contribution in [3.63, 3.8) is 0 Å². The molecule has 0 spiro atoms. The van der Waals surface area contributed by atoms with Crippen LogP contribution in [0.25, 0.3) is 0 Å². The van der Waals surface area contributed by atoms with Gasteiger partial charge in [-0.2, -0.15) is 5.10 Å². The minimum atomic E-state index is -0.605. The van der Waals surface area contributed by atoms with Gasteiger partial charge in [0.05, 0.1) is 23.0 Å². The minimum Gasteiger partial charge on any atom is -0.322 e. The summed E-state index contributed by atoms with van der Waals surface area (Å²) in [5.41, 5.74) is 7.07. The summed E-state index contributed by atoms with van der Waals surface area (Å²) in [5, 5.41) is 4.54. The molecule has 19 heavy (non-hydrogen) atoms. The molecule has 0 saturated carbocycles. The van der Waals surface area contributed by atoms with Gasteiger partial charge < -0.3 is 5.73 Å². The van der Waals surface area contributed by atoms with Gasteiger partial charge in [0.2, 0.25) is 0 Å². The third-order valence-corrected chi connectivity index (χ3v) is 3.23. The molecule has 0 aliphatic rings. The van der Waals surface area contributed by atoms with Crippen molar-refractivity contribution < 1.29 is 8.78 Å². The number of aromatic nitrogens is 2. The quantitative estimate of drug-likeness (QED) is 0.938. The van der Waals surface area contributed by atoms with E-state index < -0.39 is 17.7 Å². The molecule has 1 aromatic heterocycles. The maximum atomic E-state index is 13.6. The molecule has 0 fully saturated rings. The standard InChI is InChI=1S/C13H14ClF2N3/c1-2-19-13(10(14)7-18-19)12(17)5-8-3-4-9(15)6-11(8)16/h3-4,6-7,12H,2,5,17H2,1H3. The Labute approximate surface area is 115 Å². The highest BCUT2D eigenvalue weighted by atomic mass is 35.5. The Morgan fingerprint density at radius 3 is 2.79 bits per heavy atom. The van der Waals surface area contributed by atoms with Crippen molar-refractivity contribution in [3.8, 4) is 0 Å². The van der Waals surface area contributed by atoms with Crippen LogP contribution in [-0.2, 0) is 13.0 Å². The Hall–Kier alpha value is -1.46. The molecule has 2 N–H and O–H groups in total. The predicted octanol–water partition coefficient (Wildman–Crippen LogP) is 3.08. The lowest BCUT2D eigenvalue weighted by Crippen LogP contribution is -2.19. The van der Waals surface area contributed by atoms with Crippen molar-refractivity contribution in [1.29, 1.82) is 0 Å². The monoisotopic (exact) mass is 285 g/mol. The summed E-state index contributed by atoms with van der Waals surface area (Å²) in [4.78, 5) is 0. The lowest BCUT2D eigenvalue weighted by Gasteiger charge is -2.14. The van der Waals surface area contributed by atoms with Gasteiger partial charge in [-0.3, -0.25) is 4.68 Å². The smallest absolute Gasteiger partial charge is 0.129 e. The molecule has 3 nitrogen and oxygen atoms in total. The highest BCUT2D eigenvalue weighted by Gasteiger charge is 2.18. The van der Waals surface area contributed by atoms with E-state index in [1.165, 1.54) is 18.3 Å². The van der Waals surface area contributed by atoms with Crippen LogP contribution in [-0.4, -0.2) is 9.78 Å². The summed E-state index contributed by atoms with van der Waals surface area (Å²) in [6.45, 7) is 2.54. The Morgan fingerprint density at radius 1 is 1.42 bits per heavy atom. The molecule has 1 unspecified atom stereocenters. The third-order valence-electron chi connectivity index (χ3n) is 2.94. The van der Waals surface area contributed by atoms with E-state index >= 15 is 0 Å². The summed E-state index contributed by atoms with van der Waals surface area (Å²) in [6, 6.07) is 2.96. The maximum Gasteiger partial charge on any atom is 0.129 e. The second-order valence-corrected chi connectivity index (χ2v) is 4.65. The molecule has 0 radical (unpaired) electrons. The Morgan fingerprint density at radius 2 is 2.16 bits per heavy atom. The number of benzene rings is 1. The first-order chi connectivity index (χ1) is 9.02. The van der Waals surface area contributed by atoms with Crippen molar-refractivity contribution in [2.24, 2.45) is 5.73 Å². The van der Waals surface area contributed by atoms with E-state index in [1.807, 2.05) is 6.92 Å². The first-order valence-corrected chi connectivity index (χ1v) is 6.31. The highest BCUT2D eigenvalue weighted by Crippen LogP contribution is 2.25. The number of aryl methyl sites for hydroxylation is 1. The van der Waals surface area contributed by atoms with Gasteiger partial charge in [-0.25, -0.2) is 8.78 Å². The highest BCUT2D eigenvalue weighted by molar-refractivity contribution is 6.31. The fourth-order valence-electron chi connectivity index (χ4n) is 2.01. The van der Waals surface area contributed by atoms with E-state index in [0.717, 1.165) is 6.07 Å². The van der Waals surface area contributed by atoms with E-state index in [2.05, 4.69) is 5.10 Å². The van der Waals surface area contributed by atoms with Crippen molar-refractivity contribution in [3.05, 3.63) is 52.3 Å². The molecule has 1 aromatic carbocycles.